The average molecular weight is 439 g/mol. The molecule has 5 rings (SSSR count). The fraction of sp³-hybridized carbons (Fsp3) is 0.143. The minimum Gasteiger partial charge on any atom is -0.324 e. The van der Waals surface area contributed by atoms with Crippen LogP contribution >= 0.6 is 23.2 Å². The van der Waals surface area contributed by atoms with Crippen LogP contribution in [0.4, 0.5) is 11.6 Å². The molecular weight excluding hydrogens is 423 g/mol. The number of aromatic nitrogens is 4. The van der Waals surface area contributed by atoms with E-state index in [0.717, 1.165) is 25.2 Å². The average Bonchev–Trinajstić information content (AvgIpc) is 2.75. The van der Waals surface area contributed by atoms with E-state index in [1.165, 1.54) is 28.2 Å². The van der Waals surface area contributed by atoms with Crippen LogP contribution in [0.3, 0.4) is 0 Å². The quantitative estimate of drug-likeness (QED) is 0.504. The number of nitrogens with zero attached hydrogens (tertiary/aromatic N) is 4. The van der Waals surface area contributed by atoms with Crippen LogP contribution in [0.1, 0.15) is 11.1 Å². The Hall–Kier alpha value is -3.00. The van der Waals surface area contributed by atoms with E-state index in [2.05, 4.69) is 37.8 Å². The molecule has 2 aromatic heterocycles. The summed E-state index contributed by atoms with van der Waals surface area (Å²) < 4.78 is 1.17. The fourth-order valence-corrected chi connectivity index (χ4v) is 4.09. The highest BCUT2D eigenvalue weighted by Crippen LogP contribution is 2.27. The topological polar surface area (TPSA) is 84.7 Å². The number of halogens is 2. The molecule has 2 aromatic carbocycles. The second-order valence-electron chi connectivity index (χ2n) is 6.96. The third-order valence-corrected chi connectivity index (χ3v) is 5.64. The van der Waals surface area contributed by atoms with E-state index in [0.29, 0.717) is 32.6 Å². The van der Waals surface area contributed by atoms with Gasteiger partial charge in [-0.2, -0.15) is 9.78 Å². The maximum atomic E-state index is 12.9. The molecule has 0 saturated heterocycles. The second-order valence-corrected chi connectivity index (χ2v) is 7.77. The first kappa shape index (κ1) is 19.0. The van der Waals surface area contributed by atoms with Gasteiger partial charge in [-0.05, 0) is 48.4 Å². The molecule has 30 heavy (non-hydrogen) atoms. The second kappa shape index (κ2) is 7.68. The molecule has 0 saturated carbocycles. The molecule has 4 aromatic rings. The molecule has 1 aliphatic heterocycles. The van der Waals surface area contributed by atoms with E-state index in [4.69, 9.17) is 23.2 Å². The van der Waals surface area contributed by atoms with Crippen LogP contribution in [-0.4, -0.2) is 26.3 Å². The van der Waals surface area contributed by atoms with Crippen molar-refractivity contribution in [2.45, 2.75) is 13.0 Å². The molecule has 0 fully saturated rings. The monoisotopic (exact) mass is 438 g/mol. The van der Waals surface area contributed by atoms with Gasteiger partial charge in [0.1, 0.15) is 11.2 Å². The van der Waals surface area contributed by atoms with Crippen LogP contribution in [0.5, 0.6) is 0 Å². The van der Waals surface area contributed by atoms with E-state index >= 15 is 0 Å². The molecule has 0 radical (unpaired) electrons. The van der Waals surface area contributed by atoms with E-state index in [1.807, 2.05) is 6.07 Å². The summed E-state index contributed by atoms with van der Waals surface area (Å²) in [5.41, 5.74) is 3.86. The van der Waals surface area contributed by atoms with Crippen LogP contribution in [0.15, 0.2) is 53.6 Å². The zero-order chi connectivity index (χ0) is 20.7. The van der Waals surface area contributed by atoms with Crippen molar-refractivity contribution in [1.82, 2.24) is 25.1 Å². The summed E-state index contributed by atoms with van der Waals surface area (Å²) in [4.78, 5) is 21.7. The van der Waals surface area contributed by atoms with Crippen LogP contribution < -0.4 is 16.2 Å². The van der Waals surface area contributed by atoms with Crippen molar-refractivity contribution in [3.63, 3.8) is 0 Å². The lowest BCUT2D eigenvalue weighted by Gasteiger charge is -2.18. The van der Waals surface area contributed by atoms with E-state index in [-0.39, 0.29) is 0 Å². The smallest absolute Gasteiger partial charge is 0.282 e. The van der Waals surface area contributed by atoms with Gasteiger partial charge in [0, 0.05) is 18.4 Å². The number of nitrogens with one attached hydrogen (secondary N) is 2. The SMILES string of the molecule is O=c1c2cnc(Nc3ccc4c(c3)CNCC4)nc2cnn1-c1c(Cl)cccc1Cl. The van der Waals surface area contributed by atoms with Crippen molar-refractivity contribution in [3.8, 4) is 5.69 Å². The van der Waals surface area contributed by atoms with Gasteiger partial charge in [0.25, 0.3) is 5.56 Å². The lowest BCUT2D eigenvalue weighted by molar-refractivity contribution is 0.644. The molecule has 2 N–H and O–H groups in total. The molecule has 0 spiro atoms. The molecule has 0 aliphatic carbocycles. The zero-order valence-corrected chi connectivity index (χ0v) is 17.2. The number of fused-ring (bicyclic) bond motifs is 2. The van der Waals surface area contributed by atoms with E-state index in [9.17, 15) is 4.79 Å². The number of anilines is 2. The predicted molar refractivity (Wildman–Crippen MR) is 118 cm³/mol. The summed E-state index contributed by atoms with van der Waals surface area (Å²) >= 11 is 12.4. The van der Waals surface area contributed by atoms with Gasteiger partial charge in [0.15, 0.2) is 0 Å². The van der Waals surface area contributed by atoms with Crippen LogP contribution in [0.2, 0.25) is 10.0 Å². The summed E-state index contributed by atoms with van der Waals surface area (Å²) in [5.74, 6) is 0.390. The van der Waals surface area contributed by atoms with Gasteiger partial charge in [0.2, 0.25) is 5.95 Å². The van der Waals surface area contributed by atoms with Gasteiger partial charge in [-0.15, -0.1) is 0 Å². The highest BCUT2D eigenvalue weighted by Gasteiger charge is 2.14. The minimum absolute atomic E-state index is 0.321. The highest BCUT2D eigenvalue weighted by molar-refractivity contribution is 6.37. The number of hydrogen-bond donors (Lipinski definition) is 2. The first-order chi connectivity index (χ1) is 14.6. The Balaban J connectivity index is 1.51. The summed E-state index contributed by atoms with van der Waals surface area (Å²) in [6, 6.07) is 11.2. The molecule has 0 unspecified atom stereocenters. The summed E-state index contributed by atoms with van der Waals surface area (Å²) in [6.45, 7) is 1.84. The third kappa shape index (κ3) is 3.41. The molecule has 0 amide bonds. The number of benzene rings is 2. The summed E-state index contributed by atoms with van der Waals surface area (Å²) in [7, 11) is 0. The standard InChI is InChI=1S/C21H16Cl2N6O/c22-16-2-1-3-17(23)19(16)29-20(30)15-10-25-21(28-18(15)11-26-29)27-14-5-4-12-6-7-24-9-13(12)8-14/h1-5,8,10-11,24H,6-7,9H2,(H,25,27,28). The molecule has 9 heteroatoms. The van der Waals surface area contributed by atoms with Crippen LogP contribution in [0.25, 0.3) is 16.6 Å². The fourth-order valence-electron chi connectivity index (χ4n) is 3.54. The van der Waals surface area contributed by atoms with Crippen LogP contribution in [-0.2, 0) is 13.0 Å². The van der Waals surface area contributed by atoms with Crippen molar-refractivity contribution < 1.29 is 0 Å². The van der Waals surface area contributed by atoms with E-state index < -0.39 is 5.56 Å². The Labute approximate surface area is 181 Å². The Morgan fingerprint density at radius 2 is 1.90 bits per heavy atom. The van der Waals surface area contributed by atoms with Gasteiger partial charge < -0.3 is 10.6 Å². The van der Waals surface area contributed by atoms with Crippen molar-refractivity contribution in [1.29, 1.82) is 0 Å². The van der Waals surface area contributed by atoms with Crippen LogP contribution in [0, 0.1) is 0 Å². The van der Waals surface area contributed by atoms with Gasteiger partial charge in [-0.1, -0.05) is 35.3 Å². The molecule has 150 valence electrons. The molecule has 7 nitrogen and oxygen atoms in total. The first-order valence-corrected chi connectivity index (χ1v) is 10.1. The number of rotatable bonds is 3. The van der Waals surface area contributed by atoms with Crippen molar-refractivity contribution in [3.05, 3.63) is 80.3 Å². The molecular formula is C21H16Cl2N6O. The normalized spacial score (nSPS) is 13.3. The lowest BCUT2D eigenvalue weighted by Crippen LogP contribution is -2.23. The maximum absolute atomic E-state index is 12.9. The van der Waals surface area contributed by atoms with Crippen molar-refractivity contribution in [2.75, 3.05) is 11.9 Å². The van der Waals surface area contributed by atoms with Gasteiger partial charge >= 0.3 is 0 Å². The first-order valence-electron chi connectivity index (χ1n) is 9.39. The summed E-state index contributed by atoms with van der Waals surface area (Å²) in [5, 5.41) is 11.8. The molecule has 3 heterocycles. The Bertz CT molecular complexity index is 1320. The van der Waals surface area contributed by atoms with Gasteiger partial charge in [-0.25, -0.2) is 9.97 Å². The highest BCUT2D eigenvalue weighted by atomic mass is 35.5. The third-order valence-electron chi connectivity index (χ3n) is 5.03. The Morgan fingerprint density at radius 1 is 1.07 bits per heavy atom. The zero-order valence-electron chi connectivity index (χ0n) is 15.7. The molecule has 1 aliphatic rings. The Kier molecular flexibility index (Phi) is 4.86. The maximum Gasteiger partial charge on any atom is 0.282 e. The van der Waals surface area contributed by atoms with Gasteiger partial charge in [0.05, 0.1) is 21.6 Å². The largest absolute Gasteiger partial charge is 0.324 e. The molecule has 0 bridgehead atoms. The van der Waals surface area contributed by atoms with Crippen molar-refractivity contribution >= 4 is 45.7 Å². The van der Waals surface area contributed by atoms with Crippen molar-refractivity contribution in [2.24, 2.45) is 0 Å². The predicted octanol–water partition coefficient (Wildman–Crippen LogP) is 3.87. The summed E-state index contributed by atoms with van der Waals surface area (Å²) in [6.07, 6.45) is 4.01. The van der Waals surface area contributed by atoms with Gasteiger partial charge in [-0.3, -0.25) is 4.79 Å². The molecule has 0 atom stereocenters. The number of hydrogen-bond acceptors (Lipinski definition) is 6. The Morgan fingerprint density at radius 3 is 2.73 bits per heavy atom. The minimum atomic E-state index is -0.395. The van der Waals surface area contributed by atoms with E-state index in [1.54, 1.807) is 18.2 Å². The lowest BCUT2D eigenvalue weighted by atomic mass is 10.0. The number of para-hydroxylation sites is 1.